The Hall–Kier alpha value is -2.57. The predicted octanol–water partition coefficient (Wildman–Crippen LogP) is 2.42. The second-order valence-electron chi connectivity index (χ2n) is 6.93. The van der Waals surface area contributed by atoms with Gasteiger partial charge in [0.2, 0.25) is 11.8 Å². The maximum absolute atomic E-state index is 12.0. The molecule has 0 bridgehead atoms. The van der Waals surface area contributed by atoms with Crippen molar-refractivity contribution < 1.29 is 19.1 Å². The van der Waals surface area contributed by atoms with Gasteiger partial charge in [-0.25, -0.2) is 4.79 Å². The number of carbonyl (C=O) groups is 3. The second kappa shape index (κ2) is 9.05. The third-order valence-electron chi connectivity index (χ3n) is 3.06. The van der Waals surface area contributed by atoms with Gasteiger partial charge < -0.3 is 20.7 Å². The van der Waals surface area contributed by atoms with Crippen molar-refractivity contribution in [2.75, 3.05) is 11.9 Å². The molecular formula is C18H27N3O4. The van der Waals surface area contributed by atoms with Crippen LogP contribution >= 0.6 is 0 Å². The summed E-state index contributed by atoms with van der Waals surface area (Å²) >= 11 is 0. The molecule has 0 fully saturated rings. The quantitative estimate of drug-likeness (QED) is 0.735. The summed E-state index contributed by atoms with van der Waals surface area (Å²) in [6.45, 7) is 8.96. The van der Waals surface area contributed by atoms with Crippen LogP contribution in [0, 0.1) is 5.92 Å². The van der Waals surface area contributed by atoms with Crippen LogP contribution in [0.3, 0.4) is 0 Å². The number of alkyl carbamates (subject to hydrolysis) is 1. The maximum Gasteiger partial charge on any atom is 0.408 e. The lowest BCUT2D eigenvalue weighted by Crippen LogP contribution is -2.37. The summed E-state index contributed by atoms with van der Waals surface area (Å²) < 4.78 is 5.07. The molecule has 0 radical (unpaired) electrons. The fourth-order valence-electron chi connectivity index (χ4n) is 1.84. The van der Waals surface area contributed by atoms with E-state index in [2.05, 4.69) is 16.0 Å². The molecule has 7 heteroatoms. The minimum Gasteiger partial charge on any atom is -0.444 e. The molecule has 0 saturated heterocycles. The Morgan fingerprint density at radius 3 is 2.32 bits per heavy atom. The van der Waals surface area contributed by atoms with Gasteiger partial charge in [0, 0.05) is 18.2 Å². The van der Waals surface area contributed by atoms with Crippen LogP contribution < -0.4 is 16.0 Å². The first-order valence-electron chi connectivity index (χ1n) is 8.21. The molecule has 1 rings (SSSR count). The number of para-hydroxylation sites is 1. The lowest BCUT2D eigenvalue weighted by molar-refractivity contribution is -0.124. The molecular weight excluding hydrogens is 322 g/mol. The van der Waals surface area contributed by atoms with E-state index in [0.29, 0.717) is 12.2 Å². The molecule has 0 heterocycles. The van der Waals surface area contributed by atoms with Gasteiger partial charge in [0.05, 0.1) is 0 Å². The van der Waals surface area contributed by atoms with E-state index >= 15 is 0 Å². The van der Waals surface area contributed by atoms with Crippen LogP contribution in [0.15, 0.2) is 24.3 Å². The molecule has 1 aromatic carbocycles. The van der Waals surface area contributed by atoms with Crippen molar-refractivity contribution in [3.05, 3.63) is 29.8 Å². The van der Waals surface area contributed by atoms with Crippen LogP contribution in [0.1, 0.15) is 40.2 Å². The van der Waals surface area contributed by atoms with Gasteiger partial charge in [-0.05, 0) is 32.4 Å². The Bertz CT molecular complexity index is 621. The van der Waals surface area contributed by atoms with Gasteiger partial charge in [0.25, 0.3) is 0 Å². The number of anilines is 1. The molecule has 0 atom stereocenters. The lowest BCUT2D eigenvalue weighted by Gasteiger charge is -2.19. The average Bonchev–Trinajstić information content (AvgIpc) is 2.50. The molecule has 138 valence electrons. The first-order chi connectivity index (χ1) is 11.6. The van der Waals surface area contributed by atoms with Gasteiger partial charge in [-0.1, -0.05) is 32.0 Å². The number of hydrogen-bond acceptors (Lipinski definition) is 4. The van der Waals surface area contributed by atoms with Gasteiger partial charge in [0.1, 0.15) is 12.1 Å². The van der Waals surface area contributed by atoms with Gasteiger partial charge in [-0.3, -0.25) is 9.59 Å². The van der Waals surface area contributed by atoms with E-state index < -0.39 is 11.7 Å². The summed E-state index contributed by atoms with van der Waals surface area (Å²) in [5.74, 6) is -0.555. The van der Waals surface area contributed by atoms with Gasteiger partial charge in [-0.2, -0.15) is 0 Å². The molecule has 0 unspecified atom stereocenters. The molecule has 0 aliphatic rings. The predicted molar refractivity (Wildman–Crippen MR) is 96.0 cm³/mol. The molecule has 7 nitrogen and oxygen atoms in total. The Labute approximate surface area is 148 Å². The zero-order chi connectivity index (χ0) is 19.0. The highest BCUT2D eigenvalue weighted by Crippen LogP contribution is 2.15. The van der Waals surface area contributed by atoms with Gasteiger partial charge in [-0.15, -0.1) is 0 Å². The summed E-state index contributed by atoms with van der Waals surface area (Å²) in [5, 5.41) is 7.93. The van der Waals surface area contributed by atoms with Gasteiger partial charge >= 0.3 is 6.09 Å². The first-order valence-corrected chi connectivity index (χ1v) is 8.21. The molecule has 25 heavy (non-hydrogen) atoms. The van der Waals surface area contributed by atoms with Crippen molar-refractivity contribution in [2.45, 2.75) is 46.8 Å². The number of benzene rings is 1. The van der Waals surface area contributed by atoms with Crippen LogP contribution in [0.5, 0.6) is 0 Å². The lowest BCUT2D eigenvalue weighted by atomic mass is 10.1. The summed E-state index contributed by atoms with van der Waals surface area (Å²) in [4.78, 5) is 35.3. The van der Waals surface area contributed by atoms with E-state index in [4.69, 9.17) is 4.74 Å². The van der Waals surface area contributed by atoms with Crippen LogP contribution in [0.2, 0.25) is 0 Å². The molecule has 0 aliphatic heterocycles. The summed E-state index contributed by atoms with van der Waals surface area (Å²) in [6, 6.07) is 7.16. The van der Waals surface area contributed by atoms with E-state index in [1.165, 1.54) is 0 Å². The van der Waals surface area contributed by atoms with E-state index in [-0.39, 0.29) is 24.3 Å². The highest BCUT2D eigenvalue weighted by molar-refractivity contribution is 5.94. The zero-order valence-electron chi connectivity index (χ0n) is 15.4. The van der Waals surface area contributed by atoms with E-state index in [9.17, 15) is 14.4 Å². The number of nitrogens with one attached hydrogen (secondary N) is 3. The molecule has 1 aromatic rings. The maximum atomic E-state index is 12.0. The molecule has 0 aliphatic carbocycles. The van der Waals surface area contributed by atoms with Crippen LogP contribution in [-0.2, 0) is 20.9 Å². The molecule has 0 spiro atoms. The average molecular weight is 349 g/mol. The number of hydrogen-bond donors (Lipinski definition) is 3. The van der Waals surface area contributed by atoms with Crippen molar-refractivity contribution in [1.29, 1.82) is 0 Å². The van der Waals surface area contributed by atoms with Crippen molar-refractivity contribution in [1.82, 2.24) is 10.6 Å². The first kappa shape index (κ1) is 20.5. The number of carbonyl (C=O) groups excluding carboxylic acids is 3. The van der Waals surface area contributed by atoms with Gasteiger partial charge in [0.15, 0.2) is 0 Å². The van der Waals surface area contributed by atoms with Crippen LogP contribution in [-0.4, -0.2) is 30.1 Å². The van der Waals surface area contributed by atoms with E-state index in [1.807, 2.05) is 26.0 Å². The SMILES string of the molecule is CC(C)C(=O)NCc1ccccc1NC(=O)CNC(=O)OC(C)(C)C. The molecule has 0 saturated carbocycles. The smallest absolute Gasteiger partial charge is 0.408 e. The number of ether oxygens (including phenoxy) is 1. The Morgan fingerprint density at radius 1 is 1.08 bits per heavy atom. The normalized spacial score (nSPS) is 11.0. The largest absolute Gasteiger partial charge is 0.444 e. The summed E-state index contributed by atoms with van der Waals surface area (Å²) in [6.07, 6.45) is -0.653. The third kappa shape index (κ3) is 8.19. The standard InChI is InChI=1S/C18H27N3O4/c1-12(2)16(23)19-10-13-8-6-7-9-14(13)21-15(22)11-20-17(24)25-18(3,4)5/h6-9,12H,10-11H2,1-5H3,(H,19,23)(H,20,24)(H,21,22). The van der Waals surface area contributed by atoms with E-state index in [0.717, 1.165) is 5.56 Å². The third-order valence-corrected chi connectivity index (χ3v) is 3.06. The van der Waals surface area contributed by atoms with Crippen molar-refractivity contribution in [2.24, 2.45) is 5.92 Å². The molecule has 3 amide bonds. The summed E-state index contributed by atoms with van der Waals surface area (Å²) in [7, 11) is 0. The molecule has 3 N–H and O–H groups in total. The minimum absolute atomic E-state index is 0.0623. The monoisotopic (exact) mass is 349 g/mol. The molecule has 0 aromatic heterocycles. The van der Waals surface area contributed by atoms with Crippen molar-refractivity contribution in [3.8, 4) is 0 Å². The van der Waals surface area contributed by atoms with E-state index in [1.54, 1.807) is 32.9 Å². The Balaban J connectivity index is 2.57. The Kier molecular flexibility index (Phi) is 7.42. The fourth-order valence-corrected chi connectivity index (χ4v) is 1.84. The second-order valence-corrected chi connectivity index (χ2v) is 6.93. The van der Waals surface area contributed by atoms with Crippen LogP contribution in [0.4, 0.5) is 10.5 Å². The highest BCUT2D eigenvalue weighted by Gasteiger charge is 2.17. The van der Waals surface area contributed by atoms with Crippen molar-refractivity contribution in [3.63, 3.8) is 0 Å². The van der Waals surface area contributed by atoms with Crippen molar-refractivity contribution >= 4 is 23.6 Å². The Morgan fingerprint density at radius 2 is 1.72 bits per heavy atom. The van der Waals surface area contributed by atoms with Crippen LogP contribution in [0.25, 0.3) is 0 Å². The fraction of sp³-hybridized carbons (Fsp3) is 0.500. The number of amides is 3. The minimum atomic E-state index is -0.653. The summed E-state index contributed by atoms with van der Waals surface area (Å²) in [5.41, 5.74) is 0.742. The zero-order valence-corrected chi connectivity index (χ0v) is 15.4. The topological polar surface area (TPSA) is 96.5 Å². The highest BCUT2D eigenvalue weighted by atomic mass is 16.6. The number of rotatable bonds is 6.